The zero-order chi connectivity index (χ0) is 15.0. The molecule has 0 radical (unpaired) electrons. The normalized spacial score (nSPS) is 34.7. The van der Waals surface area contributed by atoms with E-state index in [0.717, 1.165) is 4.90 Å². The minimum absolute atomic E-state index is 0.143. The Hall–Kier alpha value is -1.39. The maximum atomic E-state index is 12.4. The van der Waals surface area contributed by atoms with E-state index in [2.05, 4.69) is 0 Å². The number of rotatable bonds is 2. The first-order chi connectivity index (χ1) is 8.52. The number of amides is 2. The fourth-order valence-corrected chi connectivity index (χ4v) is 3.49. The van der Waals surface area contributed by atoms with Crippen LogP contribution in [0.1, 0.15) is 47.0 Å². The van der Waals surface area contributed by atoms with Crippen molar-refractivity contribution in [2.24, 2.45) is 16.7 Å². The second-order valence-corrected chi connectivity index (χ2v) is 6.50. The zero-order valence-electron chi connectivity index (χ0n) is 12.3. The number of aliphatic carboxylic acids is 1. The largest absolute Gasteiger partial charge is 0.481 e. The summed E-state index contributed by atoms with van der Waals surface area (Å²) in [5.41, 5.74) is -1.69. The van der Waals surface area contributed by atoms with Crippen LogP contribution in [0.15, 0.2) is 0 Å². The summed E-state index contributed by atoms with van der Waals surface area (Å²) in [7, 11) is 1.45. The Bertz CT molecular complexity index is 420. The smallest absolute Gasteiger partial charge is 0.309 e. The molecule has 1 N–H and O–H groups in total. The Morgan fingerprint density at radius 1 is 1.16 bits per heavy atom. The van der Waals surface area contributed by atoms with Gasteiger partial charge < -0.3 is 5.11 Å². The van der Waals surface area contributed by atoms with Crippen molar-refractivity contribution < 1.29 is 19.5 Å². The first kappa shape index (κ1) is 15.7. The predicted molar refractivity (Wildman–Crippen MR) is 70.3 cm³/mol. The highest BCUT2D eigenvalue weighted by Gasteiger charge is 2.51. The van der Waals surface area contributed by atoms with Gasteiger partial charge in [0.15, 0.2) is 0 Å². The molecule has 3 atom stereocenters. The van der Waals surface area contributed by atoms with Gasteiger partial charge in [0.2, 0.25) is 11.8 Å². The van der Waals surface area contributed by atoms with Crippen LogP contribution in [0.5, 0.6) is 0 Å². The van der Waals surface area contributed by atoms with Crippen LogP contribution in [0.4, 0.5) is 0 Å². The van der Waals surface area contributed by atoms with Crippen LogP contribution in [0.2, 0.25) is 0 Å². The van der Waals surface area contributed by atoms with Gasteiger partial charge in [-0.1, -0.05) is 13.8 Å². The first-order valence-corrected chi connectivity index (χ1v) is 6.54. The van der Waals surface area contributed by atoms with E-state index in [9.17, 15) is 19.5 Å². The van der Waals surface area contributed by atoms with E-state index in [1.54, 1.807) is 13.8 Å². The van der Waals surface area contributed by atoms with Gasteiger partial charge >= 0.3 is 5.97 Å². The van der Waals surface area contributed by atoms with Crippen LogP contribution in [0.25, 0.3) is 0 Å². The van der Waals surface area contributed by atoms with Crippen LogP contribution in [0, 0.1) is 16.7 Å². The number of carboxylic acid groups (broad SMARTS) is 1. The summed E-state index contributed by atoms with van der Waals surface area (Å²) >= 11 is 0. The van der Waals surface area contributed by atoms with Crippen LogP contribution < -0.4 is 0 Å². The molecule has 1 rings (SSSR count). The van der Waals surface area contributed by atoms with Crippen molar-refractivity contribution in [3.8, 4) is 0 Å². The molecular weight excluding hydrogens is 246 g/mol. The summed E-state index contributed by atoms with van der Waals surface area (Å²) in [6.45, 7) is 6.75. The van der Waals surface area contributed by atoms with Gasteiger partial charge in [-0.05, 0) is 32.1 Å². The minimum atomic E-state index is -0.903. The van der Waals surface area contributed by atoms with Gasteiger partial charge in [0.05, 0.1) is 5.41 Å². The van der Waals surface area contributed by atoms with E-state index in [1.807, 2.05) is 6.92 Å². The molecule has 3 unspecified atom stereocenters. The van der Waals surface area contributed by atoms with E-state index in [-0.39, 0.29) is 24.2 Å². The van der Waals surface area contributed by atoms with Gasteiger partial charge in [0, 0.05) is 19.4 Å². The molecule has 0 aromatic heterocycles. The molecule has 0 saturated heterocycles. The molecule has 19 heavy (non-hydrogen) atoms. The van der Waals surface area contributed by atoms with Crippen molar-refractivity contribution in [2.75, 3.05) is 7.05 Å². The Morgan fingerprint density at radius 2 is 1.63 bits per heavy atom. The molecule has 0 aromatic carbocycles. The molecule has 0 heterocycles. The second kappa shape index (κ2) is 4.94. The van der Waals surface area contributed by atoms with E-state index >= 15 is 0 Å². The van der Waals surface area contributed by atoms with Gasteiger partial charge in [-0.15, -0.1) is 0 Å². The Kier molecular flexibility index (Phi) is 4.08. The topological polar surface area (TPSA) is 74.7 Å². The molecule has 0 bridgehead atoms. The molecule has 1 aliphatic rings. The number of carboxylic acids is 1. The molecule has 1 saturated carbocycles. The summed E-state index contributed by atoms with van der Waals surface area (Å²) in [5, 5.41) is 9.39. The quantitative estimate of drug-likeness (QED) is 0.831. The maximum Gasteiger partial charge on any atom is 0.309 e. The molecule has 0 spiro atoms. The van der Waals surface area contributed by atoms with Crippen LogP contribution >= 0.6 is 0 Å². The highest BCUT2D eigenvalue weighted by Crippen LogP contribution is 2.49. The third-order valence-corrected chi connectivity index (χ3v) is 4.19. The summed E-state index contributed by atoms with van der Waals surface area (Å²) in [5.74, 6) is -1.33. The summed E-state index contributed by atoms with van der Waals surface area (Å²) in [4.78, 5) is 36.3. The molecule has 2 amide bonds. The standard InChI is InChI=1S/C14H23NO4/c1-9-6-13(3,11(17)15(5)10(2)16)8-14(4,7-9)12(18)19/h9H,6-8H2,1-5H3,(H,18,19). The molecule has 5 nitrogen and oxygen atoms in total. The fourth-order valence-electron chi connectivity index (χ4n) is 3.49. The molecule has 1 fully saturated rings. The van der Waals surface area contributed by atoms with Gasteiger partial charge in [0.25, 0.3) is 0 Å². The molecule has 0 aromatic rings. The number of nitrogens with zero attached hydrogens (tertiary/aromatic N) is 1. The van der Waals surface area contributed by atoms with Crippen LogP contribution in [0.3, 0.4) is 0 Å². The van der Waals surface area contributed by atoms with Gasteiger partial charge in [0.1, 0.15) is 0 Å². The van der Waals surface area contributed by atoms with Crippen LogP contribution in [-0.2, 0) is 14.4 Å². The minimum Gasteiger partial charge on any atom is -0.481 e. The van der Waals surface area contributed by atoms with Crippen molar-refractivity contribution in [1.29, 1.82) is 0 Å². The molecule has 0 aliphatic heterocycles. The van der Waals surface area contributed by atoms with Crippen LogP contribution in [-0.4, -0.2) is 34.8 Å². The van der Waals surface area contributed by atoms with Crippen molar-refractivity contribution in [3.63, 3.8) is 0 Å². The lowest BCUT2D eigenvalue weighted by atomic mass is 9.59. The van der Waals surface area contributed by atoms with Crippen molar-refractivity contribution >= 4 is 17.8 Å². The average Bonchev–Trinajstić information content (AvgIpc) is 2.24. The summed E-state index contributed by atoms with van der Waals surface area (Å²) in [6, 6.07) is 0. The van der Waals surface area contributed by atoms with Crippen molar-refractivity contribution in [2.45, 2.75) is 47.0 Å². The Balaban J connectivity index is 3.07. The second-order valence-electron chi connectivity index (χ2n) is 6.50. The van der Waals surface area contributed by atoms with Gasteiger partial charge in [-0.2, -0.15) is 0 Å². The third-order valence-electron chi connectivity index (χ3n) is 4.19. The lowest BCUT2D eigenvalue weighted by Gasteiger charge is -2.45. The lowest BCUT2D eigenvalue weighted by molar-refractivity contribution is -0.160. The lowest BCUT2D eigenvalue weighted by Crippen LogP contribution is -2.50. The number of hydrogen-bond acceptors (Lipinski definition) is 3. The van der Waals surface area contributed by atoms with Crippen molar-refractivity contribution in [3.05, 3.63) is 0 Å². The average molecular weight is 269 g/mol. The zero-order valence-corrected chi connectivity index (χ0v) is 12.3. The highest BCUT2D eigenvalue weighted by atomic mass is 16.4. The maximum absolute atomic E-state index is 12.4. The summed E-state index contributed by atoms with van der Waals surface area (Å²) < 4.78 is 0. The molecule has 108 valence electrons. The predicted octanol–water partition coefficient (Wildman–Crippen LogP) is 1.91. The van der Waals surface area contributed by atoms with E-state index in [1.165, 1.54) is 14.0 Å². The number of hydrogen-bond donors (Lipinski definition) is 1. The molecular formula is C14H23NO4. The SMILES string of the molecule is CC(=O)N(C)C(=O)C1(C)CC(C)CC(C)(C(=O)O)C1. The van der Waals surface area contributed by atoms with Gasteiger partial charge in [-0.3, -0.25) is 19.3 Å². The Morgan fingerprint density at radius 3 is 2.05 bits per heavy atom. The van der Waals surface area contributed by atoms with E-state index in [4.69, 9.17) is 0 Å². The fraction of sp³-hybridized carbons (Fsp3) is 0.786. The molecule has 1 aliphatic carbocycles. The summed E-state index contributed by atoms with van der Waals surface area (Å²) in [6.07, 6.45) is 1.46. The number of imide groups is 1. The first-order valence-electron chi connectivity index (χ1n) is 6.54. The van der Waals surface area contributed by atoms with E-state index < -0.39 is 16.8 Å². The number of carbonyl (C=O) groups excluding carboxylic acids is 2. The molecule has 5 heteroatoms. The van der Waals surface area contributed by atoms with Gasteiger partial charge in [-0.25, -0.2) is 0 Å². The highest BCUT2D eigenvalue weighted by molar-refractivity contribution is 5.97. The van der Waals surface area contributed by atoms with Crippen molar-refractivity contribution in [1.82, 2.24) is 4.90 Å². The number of carbonyl (C=O) groups is 3. The monoisotopic (exact) mass is 269 g/mol. The van der Waals surface area contributed by atoms with E-state index in [0.29, 0.717) is 12.8 Å². The third kappa shape index (κ3) is 2.96. The Labute approximate surface area is 114 Å².